The van der Waals surface area contributed by atoms with Crippen molar-refractivity contribution in [2.75, 3.05) is 5.32 Å². The van der Waals surface area contributed by atoms with Crippen LogP contribution in [0.25, 0.3) is 11.1 Å². The van der Waals surface area contributed by atoms with Crippen molar-refractivity contribution in [1.29, 1.82) is 5.41 Å². The summed E-state index contributed by atoms with van der Waals surface area (Å²) in [7, 11) is 0. The predicted octanol–water partition coefficient (Wildman–Crippen LogP) is 5.17. The van der Waals surface area contributed by atoms with E-state index in [1.165, 1.54) is 6.07 Å². The maximum absolute atomic E-state index is 13.1. The molecule has 0 heterocycles. The Hall–Kier alpha value is -4.91. The smallest absolute Gasteiger partial charge is 0.336 e. The maximum atomic E-state index is 13.1. The first kappa shape index (κ1) is 23.3. The van der Waals surface area contributed by atoms with Crippen LogP contribution in [0.5, 0.6) is 5.75 Å². The van der Waals surface area contributed by atoms with Crippen LogP contribution in [0.1, 0.15) is 31.8 Å². The van der Waals surface area contributed by atoms with Crippen molar-refractivity contribution in [3.05, 3.63) is 119 Å². The highest BCUT2D eigenvalue weighted by atomic mass is 16.5. The van der Waals surface area contributed by atoms with Gasteiger partial charge in [-0.15, -0.1) is 0 Å². The molecule has 0 aliphatic heterocycles. The molecule has 0 fully saturated rings. The lowest BCUT2D eigenvalue weighted by atomic mass is 9.94. The molecule has 35 heavy (non-hydrogen) atoms. The number of ether oxygens (including phenoxy) is 1. The van der Waals surface area contributed by atoms with E-state index in [-0.39, 0.29) is 11.4 Å². The molecule has 174 valence electrons. The number of hydrogen-bond donors (Lipinski definition) is 4. The predicted molar refractivity (Wildman–Crippen MR) is 135 cm³/mol. The van der Waals surface area contributed by atoms with Gasteiger partial charge in [-0.05, 0) is 65.2 Å². The SMILES string of the molecule is N=C(N)c1ccc(NC(=O)c2ccccc2-c2ccc(OCc3ccccc3)cc2C(=O)O)cc1. The number of hydrogen-bond acceptors (Lipinski definition) is 4. The Labute approximate surface area is 202 Å². The zero-order chi connectivity index (χ0) is 24.8. The quantitative estimate of drug-likeness (QED) is 0.211. The van der Waals surface area contributed by atoms with E-state index in [0.29, 0.717) is 40.3 Å². The molecular weight excluding hydrogens is 442 g/mol. The molecule has 4 aromatic carbocycles. The van der Waals surface area contributed by atoms with Gasteiger partial charge in [0, 0.05) is 16.8 Å². The minimum absolute atomic E-state index is 0.0293. The van der Waals surface area contributed by atoms with Gasteiger partial charge >= 0.3 is 5.97 Å². The van der Waals surface area contributed by atoms with Crippen LogP contribution in [0.2, 0.25) is 0 Å². The van der Waals surface area contributed by atoms with Gasteiger partial charge in [0.1, 0.15) is 18.2 Å². The summed E-state index contributed by atoms with van der Waals surface area (Å²) in [5.41, 5.74) is 8.75. The Morgan fingerprint density at radius 1 is 0.829 bits per heavy atom. The molecule has 0 bridgehead atoms. The average molecular weight is 466 g/mol. The third kappa shape index (κ3) is 5.54. The van der Waals surface area contributed by atoms with Crippen molar-refractivity contribution in [2.45, 2.75) is 6.61 Å². The molecule has 0 aliphatic carbocycles. The summed E-state index contributed by atoms with van der Waals surface area (Å²) < 4.78 is 5.79. The van der Waals surface area contributed by atoms with Crippen molar-refractivity contribution in [3.63, 3.8) is 0 Å². The summed E-state index contributed by atoms with van der Waals surface area (Å²) in [6.07, 6.45) is 0. The number of benzene rings is 4. The van der Waals surface area contributed by atoms with E-state index >= 15 is 0 Å². The van der Waals surface area contributed by atoms with Crippen LogP contribution >= 0.6 is 0 Å². The van der Waals surface area contributed by atoms with E-state index in [1.54, 1.807) is 60.7 Å². The fourth-order valence-corrected chi connectivity index (χ4v) is 3.61. The number of rotatable bonds is 8. The molecule has 0 aromatic heterocycles. The highest BCUT2D eigenvalue weighted by Gasteiger charge is 2.19. The number of amides is 1. The Kier molecular flexibility index (Phi) is 6.88. The molecule has 0 unspecified atom stereocenters. The molecular formula is C28H23N3O4. The van der Waals surface area contributed by atoms with Gasteiger partial charge in [0.15, 0.2) is 0 Å². The first-order valence-corrected chi connectivity index (χ1v) is 10.8. The van der Waals surface area contributed by atoms with Gasteiger partial charge in [0.25, 0.3) is 5.91 Å². The number of nitrogens with one attached hydrogen (secondary N) is 2. The topological polar surface area (TPSA) is 126 Å². The highest BCUT2D eigenvalue weighted by Crippen LogP contribution is 2.31. The molecule has 7 heteroatoms. The van der Waals surface area contributed by atoms with Gasteiger partial charge in [0.2, 0.25) is 0 Å². The second-order valence-corrected chi connectivity index (χ2v) is 7.78. The zero-order valence-electron chi connectivity index (χ0n) is 18.7. The van der Waals surface area contributed by atoms with Crippen LogP contribution in [-0.4, -0.2) is 22.8 Å². The number of nitrogen functional groups attached to an aromatic ring is 1. The standard InChI is InChI=1S/C28H23N3O4/c29-26(30)19-10-12-20(13-11-19)31-27(32)24-9-5-4-8-22(24)23-15-14-21(16-25(23)28(33)34)35-17-18-6-2-1-3-7-18/h1-16H,17H2,(H3,29,30)(H,31,32)(H,33,34). The fourth-order valence-electron chi connectivity index (χ4n) is 3.61. The fraction of sp³-hybridized carbons (Fsp3) is 0.0357. The number of carboxylic acid groups (broad SMARTS) is 1. The monoisotopic (exact) mass is 465 g/mol. The lowest BCUT2D eigenvalue weighted by Crippen LogP contribution is -2.14. The molecule has 0 aliphatic rings. The summed E-state index contributed by atoms with van der Waals surface area (Å²) in [5.74, 6) is -1.16. The summed E-state index contributed by atoms with van der Waals surface area (Å²) in [4.78, 5) is 25.2. The van der Waals surface area contributed by atoms with Crippen LogP contribution in [0, 0.1) is 5.41 Å². The second kappa shape index (κ2) is 10.4. The average Bonchev–Trinajstić information content (AvgIpc) is 2.88. The lowest BCUT2D eigenvalue weighted by molar-refractivity contribution is 0.0696. The second-order valence-electron chi connectivity index (χ2n) is 7.78. The van der Waals surface area contributed by atoms with Gasteiger partial charge in [-0.25, -0.2) is 4.79 Å². The minimum atomic E-state index is -1.12. The molecule has 5 N–H and O–H groups in total. The Morgan fingerprint density at radius 2 is 1.49 bits per heavy atom. The molecule has 0 spiro atoms. The van der Waals surface area contributed by atoms with E-state index in [4.69, 9.17) is 15.9 Å². The molecule has 4 aromatic rings. The van der Waals surface area contributed by atoms with Gasteiger partial charge < -0.3 is 20.9 Å². The van der Waals surface area contributed by atoms with Crippen molar-refractivity contribution in [3.8, 4) is 16.9 Å². The van der Waals surface area contributed by atoms with Gasteiger partial charge in [-0.1, -0.05) is 48.5 Å². The largest absolute Gasteiger partial charge is 0.489 e. The number of amidine groups is 1. The Morgan fingerprint density at radius 3 is 2.17 bits per heavy atom. The van der Waals surface area contributed by atoms with E-state index < -0.39 is 11.9 Å². The Balaban J connectivity index is 1.61. The number of anilines is 1. The number of carbonyl (C=O) groups is 2. The number of carboxylic acids is 1. The lowest BCUT2D eigenvalue weighted by Gasteiger charge is -2.14. The third-order valence-electron chi connectivity index (χ3n) is 5.39. The molecule has 0 radical (unpaired) electrons. The van der Waals surface area contributed by atoms with Crippen molar-refractivity contribution >= 4 is 23.4 Å². The molecule has 0 saturated heterocycles. The molecule has 1 amide bonds. The minimum Gasteiger partial charge on any atom is -0.489 e. The Bertz CT molecular complexity index is 1380. The van der Waals surface area contributed by atoms with Crippen molar-refractivity contribution in [1.82, 2.24) is 0 Å². The summed E-state index contributed by atoms with van der Waals surface area (Å²) in [6, 6.07) is 27.8. The van der Waals surface area contributed by atoms with E-state index in [9.17, 15) is 14.7 Å². The molecule has 4 rings (SSSR count). The summed E-state index contributed by atoms with van der Waals surface area (Å²) in [5, 5.41) is 20.2. The molecule has 0 saturated carbocycles. The van der Waals surface area contributed by atoms with E-state index in [2.05, 4.69) is 5.32 Å². The van der Waals surface area contributed by atoms with Crippen molar-refractivity contribution in [2.24, 2.45) is 5.73 Å². The first-order chi connectivity index (χ1) is 16.9. The molecule has 7 nitrogen and oxygen atoms in total. The van der Waals surface area contributed by atoms with Gasteiger partial charge in [-0.2, -0.15) is 0 Å². The third-order valence-corrected chi connectivity index (χ3v) is 5.39. The highest BCUT2D eigenvalue weighted by molar-refractivity contribution is 6.10. The first-order valence-electron chi connectivity index (χ1n) is 10.8. The van der Waals surface area contributed by atoms with E-state index in [1.807, 2.05) is 30.3 Å². The number of nitrogens with two attached hydrogens (primary N) is 1. The van der Waals surface area contributed by atoms with Crippen molar-refractivity contribution < 1.29 is 19.4 Å². The summed E-state index contributed by atoms with van der Waals surface area (Å²) >= 11 is 0. The van der Waals surface area contributed by atoms with Crippen LogP contribution in [-0.2, 0) is 6.61 Å². The summed E-state index contributed by atoms with van der Waals surface area (Å²) in [6.45, 7) is 0.306. The van der Waals surface area contributed by atoms with Crippen LogP contribution < -0.4 is 15.8 Å². The maximum Gasteiger partial charge on any atom is 0.336 e. The van der Waals surface area contributed by atoms with Crippen LogP contribution in [0.3, 0.4) is 0 Å². The zero-order valence-corrected chi connectivity index (χ0v) is 18.7. The number of aromatic carboxylic acids is 1. The normalized spacial score (nSPS) is 10.4. The number of carbonyl (C=O) groups excluding carboxylic acids is 1. The van der Waals surface area contributed by atoms with E-state index in [0.717, 1.165) is 5.56 Å². The van der Waals surface area contributed by atoms with Gasteiger partial charge in [-0.3, -0.25) is 10.2 Å². The molecule has 0 atom stereocenters. The van der Waals surface area contributed by atoms with Gasteiger partial charge in [0.05, 0.1) is 5.56 Å². The van der Waals surface area contributed by atoms with Crippen LogP contribution in [0.15, 0.2) is 97.1 Å². The van der Waals surface area contributed by atoms with Crippen LogP contribution in [0.4, 0.5) is 5.69 Å².